The predicted octanol–water partition coefficient (Wildman–Crippen LogP) is -0.0600. The van der Waals surface area contributed by atoms with Gasteiger partial charge in [0.1, 0.15) is 12.2 Å². The van der Waals surface area contributed by atoms with E-state index in [-0.39, 0.29) is 5.82 Å². The van der Waals surface area contributed by atoms with E-state index in [1.54, 1.807) is 36.5 Å². The van der Waals surface area contributed by atoms with Gasteiger partial charge in [-0.2, -0.15) is 5.10 Å². The molecular formula is C10H14N6O2. The lowest BCUT2D eigenvalue weighted by Gasteiger charge is -2.05. The summed E-state index contributed by atoms with van der Waals surface area (Å²) in [4.78, 5) is 15.8. The maximum Gasteiger partial charge on any atom is 0.376 e. The molecule has 0 N–H and O–H groups in total. The first-order valence-electron chi connectivity index (χ1n) is 5.53. The van der Waals surface area contributed by atoms with Gasteiger partial charge in [0.2, 0.25) is 5.82 Å². The Kier molecular flexibility index (Phi) is 3.35. The minimum absolute atomic E-state index is 0.168. The van der Waals surface area contributed by atoms with Crippen molar-refractivity contribution in [2.75, 3.05) is 6.61 Å². The van der Waals surface area contributed by atoms with Crippen LogP contribution in [0.1, 0.15) is 29.2 Å². The second-order valence-corrected chi connectivity index (χ2v) is 3.71. The van der Waals surface area contributed by atoms with Gasteiger partial charge in [-0.25, -0.2) is 9.78 Å². The standard InChI is InChI=1S/C10H14N6O2/c1-4-18-10(17)9-13-12-7(2)16(9)5-8-11-6-15(3)14-8/h6H,4-5H2,1-3H3. The van der Waals surface area contributed by atoms with Gasteiger partial charge in [0, 0.05) is 7.05 Å². The quantitative estimate of drug-likeness (QED) is 0.706. The molecular weight excluding hydrogens is 236 g/mol. The Labute approximate surface area is 104 Å². The van der Waals surface area contributed by atoms with Crippen LogP contribution in [-0.4, -0.2) is 42.1 Å². The molecule has 0 aliphatic carbocycles. The number of carbonyl (C=O) groups excluding carboxylic acids is 1. The summed E-state index contributed by atoms with van der Waals surface area (Å²) in [5.74, 6) is 0.882. The zero-order chi connectivity index (χ0) is 13.1. The second kappa shape index (κ2) is 4.94. The van der Waals surface area contributed by atoms with Crippen LogP contribution < -0.4 is 0 Å². The third-order valence-corrected chi connectivity index (χ3v) is 2.34. The summed E-state index contributed by atoms with van der Waals surface area (Å²) in [6.07, 6.45) is 1.60. The van der Waals surface area contributed by atoms with Crippen LogP contribution in [0.2, 0.25) is 0 Å². The van der Waals surface area contributed by atoms with Gasteiger partial charge in [-0.3, -0.25) is 9.25 Å². The van der Waals surface area contributed by atoms with Crippen molar-refractivity contribution in [3.63, 3.8) is 0 Å². The Bertz CT molecular complexity index is 558. The van der Waals surface area contributed by atoms with Gasteiger partial charge in [-0.1, -0.05) is 0 Å². The summed E-state index contributed by atoms with van der Waals surface area (Å²) in [6, 6.07) is 0. The van der Waals surface area contributed by atoms with Gasteiger partial charge in [0.15, 0.2) is 5.82 Å². The van der Waals surface area contributed by atoms with Gasteiger partial charge in [-0.15, -0.1) is 10.2 Å². The first-order valence-corrected chi connectivity index (χ1v) is 5.53. The SMILES string of the molecule is CCOC(=O)c1nnc(C)n1Cc1ncn(C)n1. The Morgan fingerprint density at radius 2 is 2.22 bits per heavy atom. The van der Waals surface area contributed by atoms with Gasteiger partial charge in [0.25, 0.3) is 0 Å². The number of rotatable bonds is 4. The molecule has 18 heavy (non-hydrogen) atoms. The van der Waals surface area contributed by atoms with Gasteiger partial charge < -0.3 is 4.74 Å². The monoisotopic (exact) mass is 250 g/mol. The lowest BCUT2D eigenvalue weighted by Crippen LogP contribution is -2.15. The molecule has 8 heteroatoms. The minimum atomic E-state index is -0.492. The topological polar surface area (TPSA) is 87.7 Å². The lowest BCUT2D eigenvalue weighted by atomic mass is 10.5. The van der Waals surface area contributed by atoms with E-state index >= 15 is 0 Å². The Morgan fingerprint density at radius 1 is 1.44 bits per heavy atom. The van der Waals surface area contributed by atoms with E-state index in [1.165, 1.54) is 0 Å². The summed E-state index contributed by atoms with van der Waals surface area (Å²) in [7, 11) is 1.78. The summed E-state index contributed by atoms with van der Waals surface area (Å²) < 4.78 is 8.15. The maximum absolute atomic E-state index is 11.7. The van der Waals surface area contributed by atoms with Crippen molar-refractivity contribution in [2.45, 2.75) is 20.4 Å². The molecule has 0 aliphatic rings. The first kappa shape index (κ1) is 12.2. The zero-order valence-electron chi connectivity index (χ0n) is 10.5. The van der Waals surface area contributed by atoms with Crippen molar-refractivity contribution in [3.8, 4) is 0 Å². The molecule has 8 nitrogen and oxygen atoms in total. The third-order valence-electron chi connectivity index (χ3n) is 2.34. The molecule has 0 aliphatic heterocycles. The van der Waals surface area contributed by atoms with E-state index < -0.39 is 5.97 Å². The molecule has 0 aromatic carbocycles. The van der Waals surface area contributed by atoms with Crippen molar-refractivity contribution in [3.05, 3.63) is 23.8 Å². The minimum Gasteiger partial charge on any atom is -0.460 e. The van der Waals surface area contributed by atoms with Crippen molar-refractivity contribution < 1.29 is 9.53 Å². The Morgan fingerprint density at radius 3 is 2.83 bits per heavy atom. The summed E-state index contributed by atoms with van der Waals surface area (Å²) in [5.41, 5.74) is 0. The number of hydrogen-bond acceptors (Lipinski definition) is 6. The van der Waals surface area contributed by atoms with Crippen LogP contribution in [0.4, 0.5) is 0 Å². The van der Waals surface area contributed by atoms with Crippen LogP contribution in [0.3, 0.4) is 0 Å². The molecule has 0 fully saturated rings. The molecule has 0 radical (unpaired) electrons. The van der Waals surface area contributed by atoms with Gasteiger partial charge >= 0.3 is 5.97 Å². The highest BCUT2D eigenvalue weighted by Crippen LogP contribution is 2.05. The van der Waals surface area contributed by atoms with E-state index in [9.17, 15) is 4.79 Å². The molecule has 0 amide bonds. The van der Waals surface area contributed by atoms with Crippen molar-refractivity contribution >= 4 is 5.97 Å². The summed E-state index contributed by atoms with van der Waals surface area (Å²) in [6.45, 7) is 4.14. The van der Waals surface area contributed by atoms with Crippen LogP contribution in [0.25, 0.3) is 0 Å². The fourth-order valence-electron chi connectivity index (χ4n) is 1.51. The predicted molar refractivity (Wildman–Crippen MR) is 60.8 cm³/mol. The van der Waals surface area contributed by atoms with Crippen molar-refractivity contribution in [1.29, 1.82) is 0 Å². The zero-order valence-corrected chi connectivity index (χ0v) is 10.5. The molecule has 2 heterocycles. The number of esters is 1. The number of nitrogens with zero attached hydrogens (tertiary/aromatic N) is 6. The number of ether oxygens (including phenoxy) is 1. The number of hydrogen-bond donors (Lipinski definition) is 0. The van der Waals surface area contributed by atoms with Crippen LogP contribution in [0.5, 0.6) is 0 Å². The van der Waals surface area contributed by atoms with E-state index in [1.807, 2.05) is 0 Å². The van der Waals surface area contributed by atoms with Crippen LogP contribution in [0.15, 0.2) is 6.33 Å². The van der Waals surface area contributed by atoms with Crippen LogP contribution >= 0.6 is 0 Å². The molecule has 0 spiro atoms. The van der Waals surface area contributed by atoms with Crippen LogP contribution in [-0.2, 0) is 18.3 Å². The van der Waals surface area contributed by atoms with E-state index in [4.69, 9.17) is 4.74 Å². The third kappa shape index (κ3) is 2.36. The van der Waals surface area contributed by atoms with Crippen LogP contribution in [0, 0.1) is 6.92 Å². The molecule has 2 rings (SSSR count). The fourth-order valence-corrected chi connectivity index (χ4v) is 1.51. The largest absolute Gasteiger partial charge is 0.460 e. The Balaban J connectivity index is 2.26. The van der Waals surface area contributed by atoms with E-state index in [0.717, 1.165) is 0 Å². The van der Waals surface area contributed by atoms with Gasteiger partial charge in [-0.05, 0) is 13.8 Å². The average Bonchev–Trinajstić information content (AvgIpc) is 2.88. The molecule has 2 aromatic rings. The molecule has 0 atom stereocenters. The highest BCUT2D eigenvalue weighted by molar-refractivity contribution is 5.85. The first-order chi connectivity index (χ1) is 8.61. The highest BCUT2D eigenvalue weighted by Gasteiger charge is 2.18. The number of carbonyl (C=O) groups is 1. The molecule has 0 bridgehead atoms. The number of aromatic nitrogens is 6. The van der Waals surface area contributed by atoms with Crippen molar-refractivity contribution in [2.24, 2.45) is 7.05 Å². The van der Waals surface area contributed by atoms with E-state index in [2.05, 4.69) is 20.3 Å². The molecule has 0 saturated heterocycles. The molecule has 0 saturated carbocycles. The Hall–Kier alpha value is -2.25. The van der Waals surface area contributed by atoms with Crippen molar-refractivity contribution in [1.82, 2.24) is 29.5 Å². The second-order valence-electron chi connectivity index (χ2n) is 3.71. The highest BCUT2D eigenvalue weighted by atomic mass is 16.5. The maximum atomic E-state index is 11.7. The lowest BCUT2D eigenvalue weighted by molar-refractivity contribution is 0.0506. The van der Waals surface area contributed by atoms with Gasteiger partial charge in [0.05, 0.1) is 13.2 Å². The van der Waals surface area contributed by atoms with E-state index in [0.29, 0.717) is 24.8 Å². The number of aryl methyl sites for hydroxylation is 2. The molecule has 0 unspecified atom stereocenters. The molecule has 96 valence electrons. The molecule has 2 aromatic heterocycles. The normalized spacial score (nSPS) is 10.6. The summed E-state index contributed by atoms with van der Waals surface area (Å²) >= 11 is 0. The average molecular weight is 250 g/mol. The fraction of sp³-hybridized carbons (Fsp3) is 0.500. The smallest absolute Gasteiger partial charge is 0.376 e. The summed E-state index contributed by atoms with van der Waals surface area (Å²) in [5, 5.41) is 11.8.